The average Bonchev–Trinajstić information content (AvgIpc) is 2.58. The summed E-state index contributed by atoms with van der Waals surface area (Å²) in [6.07, 6.45) is 0. The van der Waals surface area contributed by atoms with Gasteiger partial charge in [0.15, 0.2) is 0 Å². The summed E-state index contributed by atoms with van der Waals surface area (Å²) in [7, 11) is -10.00. The van der Waals surface area contributed by atoms with Crippen LogP contribution in [0.2, 0.25) is 0 Å². The van der Waals surface area contributed by atoms with Crippen molar-refractivity contribution < 1.29 is 35.8 Å². The molecule has 0 amide bonds. The van der Waals surface area contributed by atoms with Crippen molar-refractivity contribution in [3.8, 4) is 0 Å². The predicted molar refractivity (Wildman–Crippen MR) is 94.0 cm³/mol. The summed E-state index contributed by atoms with van der Waals surface area (Å²) >= 11 is 0. The lowest BCUT2D eigenvalue weighted by Crippen LogP contribution is -2.08. The van der Waals surface area contributed by atoms with Crippen LogP contribution in [0.15, 0.2) is 52.8 Å². The Morgan fingerprint density at radius 1 is 0.786 bits per heavy atom. The smallest absolute Gasteiger partial charge is 0.282 e. The number of nitro groups is 2. The quantitative estimate of drug-likeness (QED) is 0.389. The van der Waals surface area contributed by atoms with Gasteiger partial charge in [0, 0.05) is 35.4 Å². The third kappa shape index (κ3) is 4.20. The topological polar surface area (TPSA) is 195 Å². The van der Waals surface area contributed by atoms with Gasteiger partial charge < -0.3 is 0 Å². The maximum atomic E-state index is 11.6. The van der Waals surface area contributed by atoms with Gasteiger partial charge in [-0.15, -0.1) is 0 Å². The Kier molecular flexibility index (Phi) is 5.34. The van der Waals surface area contributed by atoms with E-state index in [-0.39, 0.29) is 5.57 Å². The van der Waals surface area contributed by atoms with E-state index in [2.05, 4.69) is 6.58 Å². The summed E-state index contributed by atoms with van der Waals surface area (Å²) in [6.45, 7) is 3.50. The molecule has 0 aromatic heterocycles. The highest BCUT2D eigenvalue weighted by Crippen LogP contribution is 2.34. The fourth-order valence-electron chi connectivity index (χ4n) is 2.32. The minimum atomic E-state index is -5.00. The lowest BCUT2D eigenvalue weighted by molar-refractivity contribution is -0.385. The van der Waals surface area contributed by atoms with Gasteiger partial charge in [-0.25, -0.2) is 0 Å². The Hall–Kier alpha value is -3.20. The van der Waals surface area contributed by atoms with Gasteiger partial charge in [0.25, 0.3) is 31.6 Å². The molecule has 2 N–H and O–H groups in total. The van der Waals surface area contributed by atoms with Crippen LogP contribution in [0.1, 0.15) is 11.1 Å². The van der Waals surface area contributed by atoms with Gasteiger partial charge in [-0.1, -0.05) is 6.58 Å². The van der Waals surface area contributed by atoms with E-state index in [1.54, 1.807) is 0 Å². The van der Waals surface area contributed by atoms with Crippen molar-refractivity contribution in [1.29, 1.82) is 0 Å². The van der Waals surface area contributed by atoms with E-state index in [9.17, 15) is 46.2 Å². The van der Waals surface area contributed by atoms with Crippen LogP contribution >= 0.6 is 0 Å². The van der Waals surface area contributed by atoms with E-state index in [1.165, 1.54) is 0 Å². The molecular weight excluding hydrogens is 420 g/mol. The molecule has 2 rings (SSSR count). The third-order valence-electron chi connectivity index (χ3n) is 3.56. The maximum absolute atomic E-state index is 11.6. The summed E-state index contributed by atoms with van der Waals surface area (Å²) in [5, 5.41) is 21.7. The second-order valence-electron chi connectivity index (χ2n) is 5.30. The average molecular weight is 430 g/mol. The highest BCUT2D eigenvalue weighted by atomic mass is 32.2. The Morgan fingerprint density at radius 2 is 1.11 bits per heavy atom. The molecule has 12 nitrogen and oxygen atoms in total. The standard InChI is InChI=1S/C14H10N2O10S2/c1-8(11-4-2-9(15(17)18)6-13(11)27(21,22)23)12-5-3-10(16(19)20)7-14(12)28(24,25)26/h2-7H,1H2,(H,21,22,23)(H,24,25,26). The lowest BCUT2D eigenvalue weighted by atomic mass is 9.99. The summed E-state index contributed by atoms with van der Waals surface area (Å²) in [4.78, 5) is 18.0. The Bertz CT molecular complexity index is 1140. The minimum Gasteiger partial charge on any atom is -0.282 e. The van der Waals surface area contributed by atoms with Gasteiger partial charge in [0.2, 0.25) is 0 Å². The zero-order valence-corrected chi connectivity index (χ0v) is 15.2. The molecule has 14 heteroatoms. The molecule has 0 aliphatic rings. The minimum absolute atomic E-state index is 0.384. The monoisotopic (exact) mass is 430 g/mol. The number of rotatable bonds is 6. The first-order valence-corrected chi connectivity index (χ1v) is 9.83. The fourth-order valence-corrected chi connectivity index (χ4v) is 3.80. The molecule has 0 fully saturated rings. The number of non-ortho nitro benzene ring substituents is 2. The zero-order valence-electron chi connectivity index (χ0n) is 13.5. The number of hydrogen-bond donors (Lipinski definition) is 2. The van der Waals surface area contributed by atoms with Crippen LogP contribution in [0.3, 0.4) is 0 Å². The highest BCUT2D eigenvalue weighted by Gasteiger charge is 2.26. The molecule has 2 aromatic carbocycles. The molecular formula is C14H10N2O10S2. The number of nitro benzene ring substituents is 2. The maximum Gasteiger partial charge on any atom is 0.295 e. The van der Waals surface area contributed by atoms with Crippen LogP contribution in [0.25, 0.3) is 5.57 Å². The molecule has 0 aliphatic heterocycles. The lowest BCUT2D eigenvalue weighted by Gasteiger charge is -2.13. The predicted octanol–water partition coefficient (Wildman–Crippen LogP) is 2.06. The zero-order chi connectivity index (χ0) is 21.4. The molecule has 0 spiro atoms. The van der Waals surface area contributed by atoms with E-state index in [4.69, 9.17) is 0 Å². The first-order chi connectivity index (χ1) is 12.7. The summed E-state index contributed by atoms with van der Waals surface area (Å²) < 4.78 is 65.2. The SMILES string of the molecule is C=C(c1ccc([N+](=O)[O-])cc1S(=O)(=O)O)c1ccc([N+](=O)[O-])cc1S(=O)(=O)O. The molecule has 0 bridgehead atoms. The van der Waals surface area contributed by atoms with Gasteiger partial charge in [-0.2, -0.15) is 16.8 Å². The fraction of sp³-hybridized carbons (Fsp3) is 0. The van der Waals surface area contributed by atoms with Crippen LogP contribution in [-0.2, 0) is 20.2 Å². The number of hydrogen-bond acceptors (Lipinski definition) is 8. The number of benzene rings is 2. The highest BCUT2D eigenvalue weighted by molar-refractivity contribution is 7.86. The van der Waals surface area contributed by atoms with E-state index >= 15 is 0 Å². The molecule has 0 saturated heterocycles. The molecule has 0 saturated carbocycles. The van der Waals surface area contributed by atoms with E-state index in [1.807, 2.05) is 0 Å². The summed E-state index contributed by atoms with van der Waals surface area (Å²) in [5.41, 5.74) is -2.56. The largest absolute Gasteiger partial charge is 0.295 e. The molecule has 0 aliphatic carbocycles. The van der Waals surface area contributed by atoms with E-state index < -0.39 is 62.4 Å². The van der Waals surface area contributed by atoms with E-state index in [0.717, 1.165) is 24.3 Å². The molecule has 0 atom stereocenters. The van der Waals surface area contributed by atoms with Crippen molar-refractivity contribution in [3.63, 3.8) is 0 Å². The van der Waals surface area contributed by atoms with Crippen molar-refractivity contribution in [2.24, 2.45) is 0 Å². The van der Waals surface area contributed by atoms with Crippen molar-refractivity contribution in [3.05, 3.63) is 74.3 Å². The molecule has 0 radical (unpaired) electrons. The first kappa shape index (κ1) is 21.1. The molecule has 0 unspecified atom stereocenters. The normalized spacial score (nSPS) is 11.8. The van der Waals surface area contributed by atoms with Gasteiger partial charge in [-0.3, -0.25) is 29.3 Å². The van der Waals surface area contributed by atoms with Gasteiger partial charge in [0.05, 0.1) is 9.85 Å². The Morgan fingerprint density at radius 3 is 1.36 bits per heavy atom. The molecule has 2 aromatic rings. The van der Waals surface area contributed by atoms with Crippen LogP contribution in [0.4, 0.5) is 11.4 Å². The van der Waals surface area contributed by atoms with Crippen LogP contribution < -0.4 is 0 Å². The van der Waals surface area contributed by atoms with Crippen LogP contribution in [0, 0.1) is 20.2 Å². The summed E-state index contributed by atoms with van der Waals surface area (Å²) in [5.74, 6) is 0. The third-order valence-corrected chi connectivity index (χ3v) is 5.35. The number of nitrogens with zero attached hydrogens (tertiary/aromatic N) is 2. The van der Waals surface area contributed by atoms with Crippen molar-refractivity contribution in [1.82, 2.24) is 0 Å². The molecule has 0 heterocycles. The Balaban J connectivity index is 2.81. The second-order valence-corrected chi connectivity index (χ2v) is 8.08. The van der Waals surface area contributed by atoms with Gasteiger partial charge >= 0.3 is 0 Å². The van der Waals surface area contributed by atoms with E-state index in [0.29, 0.717) is 12.1 Å². The molecule has 148 valence electrons. The van der Waals surface area contributed by atoms with Crippen LogP contribution in [0.5, 0.6) is 0 Å². The first-order valence-electron chi connectivity index (χ1n) is 6.95. The summed E-state index contributed by atoms with van der Waals surface area (Å²) in [6, 6.07) is 4.64. The van der Waals surface area contributed by atoms with Crippen molar-refractivity contribution >= 4 is 37.2 Å². The second kappa shape index (κ2) is 7.08. The van der Waals surface area contributed by atoms with Crippen molar-refractivity contribution in [2.45, 2.75) is 9.79 Å². The van der Waals surface area contributed by atoms with Gasteiger partial charge in [0.1, 0.15) is 9.79 Å². The van der Waals surface area contributed by atoms with Gasteiger partial charge in [-0.05, 0) is 17.7 Å². The van der Waals surface area contributed by atoms with Crippen LogP contribution in [-0.4, -0.2) is 35.8 Å². The van der Waals surface area contributed by atoms with Crippen molar-refractivity contribution in [2.75, 3.05) is 0 Å². The molecule has 28 heavy (non-hydrogen) atoms. The Labute approximate surface area is 157 Å².